The summed E-state index contributed by atoms with van der Waals surface area (Å²) in [5.41, 5.74) is 7.89. The van der Waals surface area contributed by atoms with E-state index in [1.54, 1.807) is 0 Å². The highest BCUT2D eigenvalue weighted by Gasteiger charge is 1.98. The summed E-state index contributed by atoms with van der Waals surface area (Å²) in [6.45, 7) is 1.15. The van der Waals surface area contributed by atoms with Crippen LogP contribution < -0.4 is 16.7 Å². The van der Waals surface area contributed by atoms with Crippen LogP contribution >= 0.6 is 0 Å². The van der Waals surface area contributed by atoms with Gasteiger partial charge in [0.05, 0.1) is 11.0 Å². The molecule has 0 saturated carbocycles. The summed E-state index contributed by atoms with van der Waals surface area (Å²) >= 11 is 0. The number of rotatable bonds is 3. The van der Waals surface area contributed by atoms with E-state index in [1.165, 1.54) is 0 Å². The molecule has 1 aromatic heterocycles. The molecule has 5 nitrogen and oxygen atoms in total. The molecule has 0 unspecified atom stereocenters. The highest BCUT2D eigenvalue weighted by molar-refractivity contribution is 5.74. The zero-order valence-electron chi connectivity index (χ0n) is 7.63. The van der Waals surface area contributed by atoms with E-state index in [0.29, 0.717) is 13.2 Å². The molecule has 0 aliphatic carbocycles. The van der Waals surface area contributed by atoms with Crippen LogP contribution in [-0.4, -0.2) is 16.6 Å². The Balaban J connectivity index is 2.35. The van der Waals surface area contributed by atoms with Gasteiger partial charge >= 0.3 is 5.69 Å². The van der Waals surface area contributed by atoms with E-state index in [-0.39, 0.29) is 5.69 Å². The summed E-state index contributed by atoms with van der Waals surface area (Å²) in [5, 5.41) is 3.01. The van der Waals surface area contributed by atoms with E-state index in [9.17, 15) is 4.79 Å². The molecule has 0 saturated heterocycles. The van der Waals surface area contributed by atoms with Gasteiger partial charge in [0.25, 0.3) is 0 Å². The molecule has 0 aliphatic heterocycles. The molecule has 2 aromatic rings. The van der Waals surface area contributed by atoms with Gasteiger partial charge in [-0.25, -0.2) is 4.79 Å². The minimum atomic E-state index is -0.177. The largest absolute Gasteiger partial charge is 0.323 e. The number of aromatic nitrogens is 2. The first-order chi connectivity index (χ1) is 6.79. The van der Waals surface area contributed by atoms with Crippen LogP contribution in [0.5, 0.6) is 0 Å². The van der Waals surface area contributed by atoms with Gasteiger partial charge in [0.15, 0.2) is 0 Å². The fourth-order valence-electron chi connectivity index (χ4n) is 1.41. The van der Waals surface area contributed by atoms with Gasteiger partial charge < -0.3 is 21.0 Å². The van der Waals surface area contributed by atoms with E-state index >= 15 is 0 Å². The second-order valence-electron chi connectivity index (χ2n) is 3.09. The van der Waals surface area contributed by atoms with Crippen molar-refractivity contribution in [3.05, 3.63) is 34.2 Å². The zero-order chi connectivity index (χ0) is 9.97. The van der Waals surface area contributed by atoms with Gasteiger partial charge in [0.2, 0.25) is 0 Å². The first-order valence-corrected chi connectivity index (χ1v) is 4.41. The first-order valence-electron chi connectivity index (χ1n) is 4.41. The number of hydrogen-bond donors (Lipinski definition) is 4. The van der Waals surface area contributed by atoms with Crippen LogP contribution in [-0.2, 0) is 6.54 Å². The minimum absolute atomic E-state index is 0.177. The SMILES string of the molecule is NCNCc1ccc2[nH]c(=O)[nH]c2c1. The van der Waals surface area contributed by atoms with Crippen molar-refractivity contribution in [3.63, 3.8) is 0 Å². The Bertz CT molecular complexity index is 485. The molecular weight excluding hydrogens is 180 g/mol. The molecule has 0 atom stereocenters. The number of benzene rings is 1. The molecule has 0 radical (unpaired) electrons. The minimum Gasteiger partial charge on any atom is -0.318 e. The third kappa shape index (κ3) is 1.68. The van der Waals surface area contributed by atoms with Crippen molar-refractivity contribution < 1.29 is 0 Å². The van der Waals surface area contributed by atoms with Crippen LogP contribution in [0.25, 0.3) is 11.0 Å². The predicted octanol–water partition coefficient (Wildman–Crippen LogP) is -0.138. The second kappa shape index (κ2) is 3.65. The fraction of sp³-hybridized carbons (Fsp3) is 0.222. The lowest BCUT2D eigenvalue weighted by Gasteiger charge is -2.01. The number of fused-ring (bicyclic) bond motifs is 1. The van der Waals surface area contributed by atoms with Crippen LogP contribution in [0, 0.1) is 0 Å². The lowest BCUT2D eigenvalue weighted by Crippen LogP contribution is -2.21. The number of imidazole rings is 1. The zero-order valence-corrected chi connectivity index (χ0v) is 7.63. The molecule has 5 N–H and O–H groups in total. The molecule has 1 aromatic carbocycles. The van der Waals surface area contributed by atoms with Gasteiger partial charge in [-0.1, -0.05) is 6.07 Å². The summed E-state index contributed by atoms with van der Waals surface area (Å²) in [5.74, 6) is 0. The maximum absolute atomic E-state index is 11.0. The molecule has 0 bridgehead atoms. The van der Waals surface area contributed by atoms with Crippen LogP contribution in [0.2, 0.25) is 0 Å². The Morgan fingerprint density at radius 2 is 2.07 bits per heavy atom. The van der Waals surface area contributed by atoms with Gasteiger partial charge in [0, 0.05) is 13.2 Å². The molecule has 5 heteroatoms. The van der Waals surface area contributed by atoms with E-state index in [0.717, 1.165) is 16.6 Å². The third-order valence-corrected chi connectivity index (χ3v) is 2.05. The van der Waals surface area contributed by atoms with Crippen molar-refractivity contribution in [1.82, 2.24) is 15.3 Å². The van der Waals surface area contributed by atoms with Gasteiger partial charge in [-0.15, -0.1) is 0 Å². The fourth-order valence-corrected chi connectivity index (χ4v) is 1.41. The summed E-state index contributed by atoms with van der Waals surface area (Å²) in [6, 6.07) is 5.76. The van der Waals surface area contributed by atoms with Crippen LogP contribution in [0.3, 0.4) is 0 Å². The Morgan fingerprint density at radius 3 is 2.86 bits per heavy atom. The highest BCUT2D eigenvalue weighted by atomic mass is 16.1. The number of hydrogen-bond acceptors (Lipinski definition) is 3. The topological polar surface area (TPSA) is 86.7 Å². The van der Waals surface area contributed by atoms with Gasteiger partial charge in [-0.3, -0.25) is 0 Å². The van der Waals surface area contributed by atoms with E-state index < -0.39 is 0 Å². The maximum Gasteiger partial charge on any atom is 0.323 e. The summed E-state index contributed by atoms with van der Waals surface area (Å²) in [6.07, 6.45) is 0. The molecule has 74 valence electrons. The van der Waals surface area contributed by atoms with E-state index in [4.69, 9.17) is 5.73 Å². The number of nitrogens with two attached hydrogens (primary N) is 1. The van der Waals surface area contributed by atoms with Gasteiger partial charge in [-0.2, -0.15) is 0 Å². The molecule has 2 rings (SSSR count). The van der Waals surface area contributed by atoms with Crippen molar-refractivity contribution >= 4 is 11.0 Å². The third-order valence-electron chi connectivity index (χ3n) is 2.05. The van der Waals surface area contributed by atoms with Crippen LogP contribution in [0.1, 0.15) is 5.56 Å². The number of nitrogens with one attached hydrogen (secondary N) is 3. The highest BCUT2D eigenvalue weighted by Crippen LogP contribution is 2.09. The van der Waals surface area contributed by atoms with Crippen molar-refractivity contribution in [2.45, 2.75) is 6.54 Å². The Hall–Kier alpha value is -1.59. The average Bonchev–Trinajstić information content (AvgIpc) is 2.54. The normalized spacial score (nSPS) is 10.9. The average molecular weight is 192 g/mol. The van der Waals surface area contributed by atoms with Gasteiger partial charge in [-0.05, 0) is 17.7 Å². The van der Waals surface area contributed by atoms with Crippen molar-refractivity contribution in [3.8, 4) is 0 Å². The number of H-pyrrole nitrogens is 2. The Kier molecular flexibility index (Phi) is 2.34. The van der Waals surface area contributed by atoms with E-state index in [2.05, 4.69) is 15.3 Å². The molecule has 0 amide bonds. The monoisotopic (exact) mass is 192 g/mol. The lowest BCUT2D eigenvalue weighted by molar-refractivity contribution is 0.709. The van der Waals surface area contributed by atoms with Crippen molar-refractivity contribution in [1.29, 1.82) is 0 Å². The summed E-state index contributed by atoms with van der Waals surface area (Å²) in [7, 11) is 0. The summed E-state index contributed by atoms with van der Waals surface area (Å²) < 4.78 is 0. The second-order valence-corrected chi connectivity index (χ2v) is 3.09. The van der Waals surface area contributed by atoms with Gasteiger partial charge in [0.1, 0.15) is 0 Å². The molecule has 14 heavy (non-hydrogen) atoms. The first kappa shape index (κ1) is 8.98. The molecule has 0 fully saturated rings. The lowest BCUT2D eigenvalue weighted by atomic mass is 10.2. The molecule has 0 aliphatic rings. The standard InChI is InChI=1S/C9H12N4O/c10-5-11-4-6-1-2-7-8(3-6)13-9(14)12-7/h1-3,11H,4-5,10H2,(H2,12,13,14). The van der Waals surface area contributed by atoms with Crippen molar-refractivity contribution in [2.24, 2.45) is 5.73 Å². The van der Waals surface area contributed by atoms with Crippen LogP contribution in [0.4, 0.5) is 0 Å². The summed E-state index contributed by atoms with van der Waals surface area (Å²) in [4.78, 5) is 16.4. The Morgan fingerprint density at radius 1 is 1.29 bits per heavy atom. The predicted molar refractivity (Wildman–Crippen MR) is 54.8 cm³/mol. The van der Waals surface area contributed by atoms with Crippen LogP contribution in [0.15, 0.2) is 23.0 Å². The maximum atomic E-state index is 11.0. The molecule has 1 heterocycles. The van der Waals surface area contributed by atoms with Crippen molar-refractivity contribution in [2.75, 3.05) is 6.67 Å². The smallest absolute Gasteiger partial charge is 0.318 e. The molecule has 0 spiro atoms. The molecular formula is C9H12N4O. The van der Waals surface area contributed by atoms with E-state index in [1.807, 2.05) is 18.2 Å². The Labute approximate surface area is 80.3 Å². The quantitative estimate of drug-likeness (QED) is 0.510. The number of aromatic amines is 2.